The van der Waals surface area contributed by atoms with Crippen molar-refractivity contribution in [3.05, 3.63) is 47.9 Å². The molecular formula is C21H23N3O4S. The summed E-state index contributed by atoms with van der Waals surface area (Å²) in [5, 5.41) is 5.77. The Bertz CT molecular complexity index is 905. The van der Waals surface area contributed by atoms with Gasteiger partial charge in [0.25, 0.3) is 5.91 Å². The van der Waals surface area contributed by atoms with E-state index in [-0.39, 0.29) is 23.6 Å². The molecule has 7 nitrogen and oxygen atoms in total. The maximum absolute atomic E-state index is 12.9. The van der Waals surface area contributed by atoms with Crippen LogP contribution in [0.5, 0.6) is 0 Å². The Balaban J connectivity index is 1.33. The van der Waals surface area contributed by atoms with Crippen molar-refractivity contribution in [3.8, 4) is 0 Å². The minimum atomic E-state index is -0.100. The smallest absolute Gasteiger partial charge is 0.253 e. The van der Waals surface area contributed by atoms with Crippen molar-refractivity contribution in [1.29, 1.82) is 0 Å². The molecule has 1 aromatic carbocycles. The number of carbonyl (C=O) groups is 3. The lowest BCUT2D eigenvalue weighted by Gasteiger charge is -2.31. The van der Waals surface area contributed by atoms with Gasteiger partial charge < -0.3 is 20.0 Å². The van der Waals surface area contributed by atoms with Crippen LogP contribution in [0.3, 0.4) is 0 Å². The van der Waals surface area contributed by atoms with Crippen LogP contribution in [0, 0.1) is 5.92 Å². The van der Waals surface area contributed by atoms with Gasteiger partial charge in [0.1, 0.15) is 5.76 Å². The van der Waals surface area contributed by atoms with E-state index in [4.69, 9.17) is 4.42 Å². The lowest BCUT2D eigenvalue weighted by Crippen LogP contribution is -2.42. The second-order valence-electron chi connectivity index (χ2n) is 7.22. The standard InChI is InChI=1S/C21H23N3O4S/c25-19-7-11-29-18-4-3-15(12-17(18)23-19)21(27)24-8-5-14(6-9-24)20(26)22-13-16-2-1-10-28-16/h1-4,10,12,14H,5-9,11,13H2,(H,22,26)(H,23,25). The summed E-state index contributed by atoms with van der Waals surface area (Å²) < 4.78 is 5.23. The number of piperidine rings is 1. The summed E-state index contributed by atoms with van der Waals surface area (Å²) in [6.45, 7) is 1.45. The average Bonchev–Trinajstić information content (AvgIpc) is 3.19. The molecule has 4 rings (SSSR count). The Morgan fingerprint density at radius 1 is 1.24 bits per heavy atom. The monoisotopic (exact) mass is 413 g/mol. The Labute approximate surface area is 173 Å². The van der Waals surface area contributed by atoms with Crippen molar-refractivity contribution in [3.63, 3.8) is 0 Å². The Morgan fingerprint density at radius 3 is 2.83 bits per heavy atom. The van der Waals surface area contributed by atoms with Gasteiger partial charge in [-0.15, -0.1) is 11.8 Å². The number of hydrogen-bond acceptors (Lipinski definition) is 5. The summed E-state index contributed by atoms with van der Waals surface area (Å²) in [7, 11) is 0. The highest BCUT2D eigenvalue weighted by Gasteiger charge is 2.28. The number of furan rings is 1. The molecule has 2 aromatic rings. The first-order valence-corrected chi connectivity index (χ1v) is 10.7. The molecule has 1 fully saturated rings. The number of hydrogen-bond donors (Lipinski definition) is 2. The largest absolute Gasteiger partial charge is 0.467 e. The molecule has 0 aliphatic carbocycles. The summed E-state index contributed by atoms with van der Waals surface area (Å²) in [5.41, 5.74) is 1.27. The number of nitrogens with zero attached hydrogens (tertiary/aromatic N) is 1. The average molecular weight is 413 g/mol. The number of fused-ring (bicyclic) bond motifs is 1. The molecule has 8 heteroatoms. The number of rotatable bonds is 4. The number of likely N-dealkylation sites (tertiary alicyclic amines) is 1. The van der Waals surface area contributed by atoms with Crippen LogP contribution in [-0.2, 0) is 16.1 Å². The van der Waals surface area contributed by atoms with Crippen LogP contribution >= 0.6 is 11.8 Å². The normalized spacial score (nSPS) is 17.2. The zero-order valence-corrected chi connectivity index (χ0v) is 16.8. The quantitative estimate of drug-likeness (QED) is 0.804. The number of amides is 3. The molecule has 1 aromatic heterocycles. The van der Waals surface area contributed by atoms with Crippen molar-refractivity contribution in [2.24, 2.45) is 5.92 Å². The van der Waals surface area contributed by atoms with Crippen molar-refractivity contribution in [1.82, 2.24) is 10.2 Å². The fourth-order valence-electron chi connectivity index (χ4n) is 3.61. The van der Waals surface area contributed by atoms with Gasteiger partial charge in [-0.25, -0.2) is 0 Å². The van der Waals surface area contributed by atoms with E-state index in [0.717, 1.165) is 16.4 Å². The van der Waals surface area contributed by atoms with Gasteiger partial charge >= 0.3 is 0 Å². The number of anilines is 1. The predicted octanol–water partition coefficient (Wildman–Crippen LogP) is 2.88. The van der Waals surface area contributed by atoms with Gasteiger partial charge in [0.2, 0.25) is 11.8 Å². The third-order valence-electron chi connectivity index (χ3n) is 5.26. The molecule has 3 amide bonds. The summed E-state index contributed by atoms with van der Waals surface area (Å²) in [4.78, 5) is 39.8. The van der Waals surface area contributed by atoms with Crippen molar-refractivity contribution in [2.75, 3.05) is 24.2 Å². The third kappa shape index (κ3) is 4.64. The van der Waals surface area contributed by atoms with Gasteiger partial charge in [-0.05, 0) is 43.2 Å². The first-order valence-electron chi connectivity index (χ1n) is 9.76. The molecule has 0 radical (unpaired) electrons. The number of carbonyl (C=O) groups excluding carboxylic acids is 3. The molecule has 2 aliphatic heterocycles. The summed E-state index contributed by atoms with van der Waals surface area (Å²) >= 11 is 1.62. The highest BCUT2D eigenvalue weighted by molar-refractivity contribution is 7.99. The van der Waals surface area contributed by atoms with Crippen LogP contribution in [0.15, 0.2) is 45.9 Å². The first-order chi connectivity index (χ1) is 14.1. The van der Waals surface area contributed by atoms with Crippen molar-refractivity contribution < 1.29 is 18.8 Å². The second-order valence-corrected chi connectivity index (χ2v) is 8.36. The SMILES string of the molecule is O=C1CCSc2ccc(C(=O)N3CCC(C(=O)NCc4ccco4)CC3)cc2N1. The van der Waals surface area contributed by atoms with Gasteiger partial charge in [-0.2, -0.15) is 0 Å². The van der Waals surface area contributed by atoms with Gasteiger partial charge in [0, 0.05) is 41.6 Å². The molecule has 2 aliphatic rings. The van der Waals surface area contributed by atoms with Crippen molar-refractivity contribution >= 4 is 35.2 Å². The number of thioether (sulfide) groups is 1. The van der Waals surface area contributed by atoms with E-state index >= 15 is 0 Å². The van der Waals surface area contributed by atoms with Crippen LogP contribution in [0.2, 0.25) is 0 Å². The van der Waals surface area contributed by atoms with E-state index in [1.165, 1.54) is 0 Å². The van der Waals surface area contributed by atoms with Crippen LogP contribution in [-0.4, -0.2) is 41.5 Å². The van der Waals surface area contributed by atoms with Crippen LogP contribution in [0.1, 0.15) is 35.4 Å². The molecule has 0 unspecified atom stereocenters. The van der Waals surface area contributed by atoms with E-state index in [1.54, 1.807) is 35.1 Å². The summed E-state index contributed by atoms with van der Waals surface area (Å²) in [5.74, 6) is 1.27. The van der Waals surface area contributed by atoms with Crippen molar-refractivity contribution in [2.45, 2.75) is 30.7 Å². The number of nitrogens with one attached hydrogen (secondary N) is 2. The maximum atomic E-state index is 12.9. The van der Waals surface area contributed by atoms with E-state index in [2.05, 4.69) is 10.6 Å². The Morgan fingerprint density at radius 2 is 2.07 bits per heavy atom. The summed E-state index contributed by atoms with van der Waals surface area (Å²) in [6, 6.07) is 9.08. The zero-order chi connectivity index (χ0) is 20.2. The van der Waals surface area contributed by atoms with E-state index in [1.807, 2.05) is 18.2 Å². The van der Waals surface area contributed by atoms with E-state index < -0.39 is 0 Å². The molecule has 2 N–H and O–H groups in total. The molecule has 1 saturated heterocycles. The molecular weight excluding hydrogens is 390 g/mol. The first kappa shape index (κ1) is 19.6. The maximum Gasteiger partial charge on any atom is 0.253 e. The molecule has 0 atom stereocenters. The van der Waals surface area contributed by atoms with Gasteiger partial charge in [0.15, 0.2) is 0 Å². The zero-order valence-electron chi connectivity index (χ0n) is 16.0. The minimum absolute atomic E-state index is 0.00160. The van der Waals surface area contributed by atoms with E-state index in [0.29, 0.717) is 50.1 Å². The number of benzene rings is 1. The molecule has 3 heterocycles. The lowest BCUT2D eigenvalue weighted by atomic mass is 9.95. The molecule has 29 heavy (non-hydrogen) atoms. The molecule has 0 saturated carbocycles. The van der Waals surface area contributed by atoms with E-state index in [9.17, 15) is 14.4 Å². The Kier molecular flexibility index (Phi) is 5.89. The topological polar surface area (TPSA) is 91.7 Å². The predicted molar refractivity (Wildman–Crippen MR) is 110 cm³/mol. The minimum Gasteiger partial charge on any atom is -0.467 e. The van der Waals surface area contributed by atoms with Crippen LogP contribution in [0.4, 0.5) is 5.69 Å². The van der Waals surface area contributed by atoms with Gasteiger partial charge in [-0.3, -0.25) is 14.4 Å². The highest BCUT2D eigenvalue weighted by atomic mass is 32.2. The molecule has 0 bridgehead atoms. The second kappa shape index (κ2) is 8.73. The van der Waals surface area contributed by atoms with Crippen LogP contribution < -0.4 is 10.6 Å². The lowest BCUT2D eigenvalue weighted by molar-refractivity contribution is -0.126. The molecule has 152 valence electrons. The van der Waals surface area contributed by atoms with Gasteiger partial charge in [0.05, 0.1) is 18.5 Å². The Hall–Kier alpha value is -2.74. The molecule has 0 spiro atoms. The fourth-order valence-corrected chi connectivity index (χ4v) is 4.55. The van der Waals surface area contributed by atoms with Gasteiger partial charge in [-0.1, -0.05) is 0 Å². The summed E-state index contributed by atoms with van der Waals surface area (Å²) in [6.07, 6.45) is 3.32. The fraction of sp³-hybridized carbons (Fsp3) is 0.381. The highest BCUT2D eigenvalue weighted by Crippen LogP contribution is 2.32. The third-order valence-corrected chi connectivity index (χ3v) is 6.33. The van der Waals surface area contributed by atoms with Crippen LogP contribution in [0.25, 0.3) is 0 Å².